The van der Waals surface area contributed by atoms with E-state index in [1.54, 1.807) is 6.20 Å². The maximum absolute atomic E-state index is 12.7. The summed E-state index contributed by atoms with van der Waals surface area (Å²) in [6.07, 6.45) is 4.94. The largest absolute Gasteiger partial charge is 0.490 e. The minimum Gasteiger partial charge on any atom is -0.490 e. The summed E-state index contributed by atoms with van der Waals surface area (Å²) in [4.78, 5) is 24.4. The van der Waals surface area contributed by atoms with Gasteiger partial charge in [0.2, 0.25) is 0 Å². The number of aliphatic carboxylic acids is 1. The van der Waals surface area contributed by atoms with Gasteiger partial charge in [-0.15, -0.1) is 0 Å². The Morgan fingerprint density at radius 1 is 0.976 bits per heavy atom. The Labute approximate surface area is 243 Å². The normalized spacial score (nSPS) is 15.8. The number of piperidine rings is 1. The Bertz CT molecular complexity index is 1290. The van der Waals surface area contributed by atoms with E-state index in [1.165, 1.54) is 0 Å². The number of nitrogens with zero attached hydrogens (tertiary/aromatic N) is 3. The lowest BCUT2D eigenvalue weighted by Gasteiger charge is -2.41. The molecule has 0 radical (unpaired) electrons. The highest BCUT2D eigenvalue weighted by Crippen LogP contribution is 2.43. The second kappa shape index (κ2) is 12.9. The molecule has 41 heavy (non-hydrogen) atoms. The predicted molar refractivity (Wildman–Crippen MR) is 161 cm³/mol. The van der Waals surface area contributed by atoms with Crippen LogP contribution in [0.15, 0.2) is 54.9 Å². The second-order valence-electron chi connectivity index (χ2n) is 12.2. The number of anilines is 1. The fourth-order valence-electron chi connectivity index (χ4n) is 5.02. The van der Waals surface area contributed by atoms with Gasteiger partial charge in [-0.05, 0) is 69.7 Å². The van der Waals surface area contributed by atoms with Crippen LogP contribution in [0.1, 0.15) is 71.7 Å². The van der Waals surface area contributed by atoms with Crippen LogP contribution in [0.5, 0.6) is 11.5 Å². The third kappa shape index (κ3) is 7.97. The number of carbonyl (C=O) groups is 1. The van der Waals surface area contributed by atoms with Gasteiger partial charge in [-0.3, -0.25) is 9.97 Å². The average molecular weight is 562 g/mol. The van der Waals surface area contributed by atoms with Gasteiger partial charge < -0.3 is 24.2 Å². The van der Waals surface area contributed by atoms with Crippen molar-refractivity contribution in [1.82, 2.24) is 9.97 Å². The van der Waals surface area contributed by atoms with Crippen molar-refractivity contribution in [2.45, 2.75) is 72.5 Å². The molecule has 1 aliphatic heterocycles. The zero-order valence-electron chi connectivity index (χ0n) is 25.1. The molecule has 2 aromatic heterocycles. The van der Waals surface area contributed by atoms with Gasteiger partial charge in [0.05, 0.1) is 23.2 Å². The van der Waals surface area contributed by atoms with Gasteiger partial charge in [-0.1, -0.05) is 39.0 Å². The van der Waals surface area contributed by atoms with Crippen molar-refractivity contribution in [3.8, 4) is 22.8 Å². The van der Waals surface area contributed by atoms with E-state index < -0.39 is 17.7 Å². The first-order valence-corrected chi connectivity index (χ1v) is 14.4. The molecule has 1 aromatic carbocycles. The molecule has 0 unspecified atom stereocenters. The zero-order valence-corrected chi connectivity index (χ0v) is 25.1. The van der Waals surface area contributed by atoms with Crippen molar-refractivity contribution >= 4 is 11.7 Å². The number of aryl methyl sites for hydroxylation is 1. The molecule has 3 aromatic rings. The van der Waals surface area contributed by atoms with E-state index in [9.17, 15) is 9.90 Å². The van der Waals surface area contributed by atoms with Crippen molar-refractivity contribution in [2.24, 2.45) is 5.41 Å². The fraction of sp³-hybridized carbons (Fsp3) is 0.485. The van der Waals surface area contributed by atoms with Crippen LogP contribution in [-0.2, 0) is 16.0 Å². The first-order chi connectivity index (χ1) is 19.5. The third-order valence-electron chi connectivity index (χ3n) is 7.27. The Hall–Kier alpha value is -3.65. The third-order valence-corrected chi connectivity index (χ3v) is 7.27. The molecule has 4 rings (SSSR count). The Kier molecular flexibility index (Phi) is 9.53. The van der Waals surface area contributed by atoms with Crippen LogP contribution in [-0.4, -0.2) is 52.9 Å². The van der Waals surface area contributed by atoms with E-state index in [1.807, 2.05) is 76.4 Å². The predicted octanol–water partition coefficient (Wildman–Crippen LogP) is 6.73. The van der Waals surface area contributed by atoms with Crippen molar-refractivity contribution in [3.63, 3.8) is 0 Å². The molecule has 1 saturated heterocycles. The van der Waals surface area contributed by atoms with Gasteiger partial charge in [-0.25, -0.2) is 4.79 Å². The molecule has 8 nitrogen and oxygen atoms in total. The molecular formula is C33H43N3O5. The number of hydrogen-bond acceptors (Lipinski definition) is 7. The number of para-hydroxylation sites is 1. The molecular weight excluding hydrogens is 518 g/mol. The first kappa shape index (κ1) is 30.3. The number of carboxylic acid groups (broad SMARTS) is 1. The minimum absolute atomic E-state index is 0.229. The number of benzene rings is 1. The van der Waals surface area contributed by atoms with Crippen molar-refractivity contribution in [3.05, 3.63) is 66.1 Å². The highest BCUT2D eigenvalue weighted by Gasteiger charge is 2.36. The molecule has 1 atom stereocenters. The average Bonchev–Trinajstić information content (AvgIpc) is 2.94. The summed E-state index contributed by atoms with van der Waals surface area (Å²) >= 11 is 0. The van der Waals surface area contributed by atoms with E-state index >= 15 is 0 Å². The monoisotopic (exact) mass is 561 g/mol. The lowest BCUT2D eigenvalue weighted by atomic mass is 9.82. The van der Waals surface area contributed by atoms with Crippen molar-refractivity contribution < 1.29 is 24.1 Å². The molecule has 1 aliphatic rings. The van der Waals surface area contributed by atoms with Crippen LogP contribution < -0.4 is 14.4 Å². The number of carboxylic acids is 1. The Balaban J connectivity index is 1.67. The summed E-state index contributed by atoms with van der Waals surface area (Å²) in [5, 5.41) is 10.4. The quantitative estimate of drug-likeness (QED) is 0.258. The van der Waals surface area contributed by atoms with Gasteiger partial charge in [0.15, 0.2) is 6.10 Å². The van der Waals surface area contributed by atoms with E-state index in [2.05, 4.69) is 18.7 Å². The van der Waals surface area contributed by atoms with E-state index in [4.69, 9.17) is 24.2 Å². The number of ether oxygens (including phenoxy) is 3. The first-order valence-electron chi connectivity index (χ1n) is 14.4. The summed E-state index contributed by atoms with van der Waals surface area (Å²) in [7, 11) is 0. The van der Waals surface area contributed by atoms with Crippen LogP contribution >= 0.6 is 0 Å². The van der Waals surface area contributed by atoms with Gasteiger partial charge in [0, 0.05) is 36.1 Å². The van der Waals surface area contributed by atoms with Crippen molar-refractivity contribution in [1.29, 1.82) is 0 Å². The Morgan fingerprint density at radius 3 is 2.20 bits per heavy atom. The van der Waals surface area contributed by atoms with Crippen LogP contribution in [0.25, 0.3) is 11.3 Å². The number of aromatic nitrogens is 2. The summed E-state index contributed by atoms with van der Waals surface area (Å²) in [5.74, 6) is 0.401. The maximum atomic E-state index is 12.7. The van der Waals surface area contributed by atoms with Crippen LogP contribution in [0.3, 0.4) is 0 Å². The molecule has 3 heterocycles. The highest BCUT2D eigenvalue weighted by molar-refractivity contribution is 5.85. The van der Waals surface area contributed by atoms with Gasteiger partial charge in [0.25, 0.3) is 0 Å². The van der Waals surface area contributed by atoms with Crippen LogP contribution in [0.4, 0.5) is 5.69 Å². The van der Waals surface area contributed by atoms with Crippen LogP contribution in [0.2, 0.25) is 0 Å². The topological polar surface area (TPSA) is 94.0 Å². The summed E-state index contributed by atoms with van der Waals surface area (Å²) in [5.41, 5.74) is 3.26. The van der Waals surface area contributed by atoms with Crippen molar-refractivity contribution in [2.75, 3.05) is 31.2 Å². The molecule has 0 spiro atoms. The van der Waals surface area contributed by atoms with E-state index in [0.717, 1.165) is 48.6 Å². The van der Waals surface area contributed by atoms with Crippen LogP contribution in [0, 0.1) is 5.41 Å². The molecule has 1 fully saturated rings. The summed E-state index contributed by atoms with van der Waals surface area (Å²) in [6.45, 7) is 14.6. The molecule has 8 heteroatoms. The number of hydrogen-bond donors (Lipinski definition) is 1. The molecule has 0 bridgehead atoms. The standard InChI is InChI=1S/C33H43N3O5/c1-7-26-28(30(31(37)38)41-32(2,3)4)29(36-17-15-33(5,6)16-18-36)25(22-35-26)27-14-13-24(21-34-27)40-20-19-39-23-11-9-8-10-12-23/h8-14,21-22,30H,7,15-20H2,1-6H3,(H,37,38)/t30-/m0/s1. The van der Waals surface area contributed by atoms with Gasteiger partial charge >= 0.3 is 5.97 Å². The summed E-state index contributed by atoms with van der Waals surface area (Å²) in [6, 6.07) is 13.4. The van der Waals surface area contributed by atoms with E-state index in [-0.39, 0.29) is 5.41 Å². The molecule has 0 aliphatic carbocycles. The second-order valence-corrected chi connectivity index (χ2v) is 12.2. The Morgan fingerprint density at radius 2 is 1.63 bits per heavy atom. The van der Waals surface area contributed by atoms with E-state index in [0.29, 0.717) is 36.6 Å². The zero-order chi connectivity index (χ0) is 29.6. The number of rotatable bonds is 11. The maximum Gasteiger partial charge on any atom is 0.337 e. The number of pyridine rings is 2. The molecule has 1 N–H and O–H groups in total. The molecule has 0 amide bonds. The fourth-order valence-corrected chi connectivity index (χ4v) is 5.02. The van der Waals surface area contributed by atoms with Gasteiger partial charge in [0.1, 0.15) is 24.7 Å². The lowest BCUT2D eigenvalue weighted by Crippen LogP contribution is -2.39. The molecule has 0 saturated carbocycles. The van der Waals surface area contributed by atoms with Gasteiger partial charge in [-0.2, -0.15) is 0 Å². The SMILES string of the molecule is CCc1ncc(-c2ccc(OCCOc3ccccc3)cn2)c(N2CCC(C)(C)CC2)c1[C@H](OC(C)(C)C)C(=O)O. The smallest absolute Gasteiger partial charge is 0.337 e. The highest BCUT2D eigenvalue weighted by atomic mass is 16.5. The minimum atomic E-state index is -1.16. The lowest BCUT2D eigenvalue weighted by molar-refractivity contribution is -0.160. The molecule has 220 valence electrons. The summed E-state index contributed by atoms with van der Waals surface area (Å²) < 4.78 is 17.8.